The molecular weight excluding hydrogens is 250 g/mol. The molecule has 0 radical (unpaired) electrons. The summed E-state index contributed by atoms with van der Waals surface area (Å²) in [6.45, 7) is 8.03. The van der Waals surface area contributed by atoms with Gasteiger partial charge in [-0.25, -0.2) is 0 Å². The van der Waals surface area contributed by atoms with E-state index in [0.29, 0.717) is 19.3 Å². The maximum atomic E-state index is 9.62. The number of aliphatic hydroxyl groups is 1. The molecule has 1 aliphatic rings. The predicted octanol–water partition coefficient (Wildman–Crippen LogP) is 2.34. The third kappa shape index (κ3) is 3.60. The van der Waals surface area contributed by atoms with Crippen molar-refractivity contribution in [2.24, 2.45) is 5.41 Å². The average Bonchev–Trinajstić information content (AvgIpc) is 2.46. The maximum Gasteiger partial charge on any atom is 0.0579 e. The highest BCUT2D eigenvalue weighted by molar-refractivity contribution is 5.16. The number of ether oxygens (including phenoxy) is 1. The zero-order valence-electron chi connectivity index (χ0n) is 12.7. The van der Waals surface area contributed by atoms with E-state index in [4.69, 9.17) is 4.74 Å². The van der Waals surface area contributed by atoms with Crippen molar-refractivity contribution >= 4 is 0 Å². The van der Waals surface area contributed by atoms with E-state index in [1.165, 1.54) is 5.56 Å². The molecule has 20 heavy (non-hydrogen) atoms. The van der Waals surface area contributed by atoms with Crippen LogP contribution in [-0.4, -0.2) is 49.0 Å². The van der Waals surface area contributed by atoms with E-state index in [1.54, 1.807) is 0 Å². The van der Waals surface area contributed by atoms with Crippen molar-refractivity contribution in [3.8, 4) is 0 Å². The van der Waals surface area contributed by atoms with Gasteiger partial charge in [0, 0.05) is 12.6 Å². The van der Waals surface area contributed by atoms with E-state index in [0.717, 1.165) is 25.9 Å². The minimum atomic E-state index is -0.0277. The van der Waals surface area contributed by atoms with Crippen LogP contribution < -0.4 is 0 Å². The predicted molar refractivity (Wildman–Crippen MR) is 81.8 cm³/mol. The van der Waals surface area contributed by atoms with E-state index < -0.39 is 0 Å². The van der Waals surface area contributed by atoms with Gasteiger partial charge in [0.05, 0.1) is 25.2 Å². The molecule has 3 heteroatoms. The van der Waals surface area contributed by atoms with E-state index in [9.17, 15) is 5.11 Å². The molecular formula is C17H27NO2. The van der Waals surface area contributed by atoms with Crippen LogP contribution in [-0.2, 0) is 11.2 Å². The summed E-state index contributed by atoms with van der Waals surface area (Å²) in [5.74, 6) is 0. The molecule has 112 valence electrons. The molecule has 1 aromatic rings. The van der Waals surface area contributed by atoms with Gasteiger partial charge in [-0.05, 0) is 24.9 Å². The van der Waals surface area contributed by atoms with Crippen molar-refractivity contribution in [1.29, 1.82) is 0 Å². The standard InChI is InChI=1S/C17H27NO2/c1-3-16(10-15-8-6-5-7-9-15)18(4-2)11-17(12-19)13-20-14-17/h5-9,16,19H,3-4,10-14H2,1-2H3. The zero-order valence-corrected chi connectivity index (χ0v) is 12.7. The third-order valence-corrected chi connectivity index (χ3v) is 4.40. The quantitative estimate of drug-likeness (QED) is 0.791. The fourth-order valence-electron chi connectivity index (χ4n) is 2.97. The van der Waals surface area contributed by atoms with Gasteiger partial charge < -0.3 is 9.84 Å². The normalized spacial score (nSPS) is 18.8. The molecule has 0 spiro atoms. The van der Waals surface area contributed by atoms with Crippen molar-refractivity contribution in [3.05, 3.63) is 35.9 Å². The monoisotopic (exact) mass is 277 g/mol. The van der Waals surface area contributed by atoms with Crippen LogP contribution in [0.15, 0.2) is 30.3 Å². The van der Waals surface area contributed by atoms with E-state index in [2.05, 4.69) is 49.1 Å². The van der Waals surface area contributed by atoms with Crippen LogP contribution in [0.2, 0.25) is 0 Å². The van der Waals surface area contributed by atoms with Crippen molar-refractivity contribution < 1.29 is 9.84 Å². The van der Waals surface area contributed by atoms with E-state index in [1.807, 2.05) is 0 Å². The lowest BCUT2D eigenvalue weighted by molar-refractivity contribution is -0.151. The van der Waals surface area contributed by atoms with Crippen LogP contribution in [0, 0.1) is 5.41 Å². The van der Waals surface area contributed by atoms with Gasteiger partial charge in [-0.2, -0.15) is 0 Å². The Morgan fingerprint density at radius 1 is 1.25 bits per heavy atom. The molecule has 0 aliphatic carbocycles. The molecule has 1 fully saturated rings. The summed E-state index contributed by atoms with van der Waals surface area (Å²) in [7, 11) is 0. The third-order valence-electron chi connectivity index (χ3n) is 4.40. The Morgan fingerprint density at radius 3 is 2.40 bits per heavy atom. The number of benzene rings is 1. The fourth-order valence-corrected chi connectivity index (χ4v) is 2.97. The largest absolute Gasteiger partial charge is 0.396 e. The van der Waals surface area contributed by atoms with Crippen molar-refractivity contribution in [2.45, 2.75) is 32.7 Å². The summed E-state index contributed by atoms with van der Waals surface area (Å²) >= 11 is 0. The van der Waals surface area contributed by atoms with Crippen molar-refractivity contribution in [2.75, 3.05) is 32.9 Å². The number of hydrogen-bond donors (Lipinski definition) is 1. The van der Waals surface area contributed by atoms with Crippen LogP contribution in [0.5, 0.6) is 0 Å². The topological polar surface area (TPSA) is 32.7 Å². The number of hydrogen-bond acceptors (Lipinski definition) is 3. The minimum Gasteiger partial charge on any atom is -0.396 e. The lowest BCUT2D eigenvalue weighted by atomic mass is 9.85. The van der Waals surface area contributed by atoms with Crippen LogP contribution in [0.4, 0.5) is 0 Å². The number of likely N-dealkylation sites (N-methyl/N-ethyl adjacent to an activating group) is 1. The van der Waals surface area contributed by atoms with Gasteiger partial charge in [0.25, 0.3) is 0 Å². The Kier molecular flexibility index (Phi) is 5.58. The van der Waals surface area contributed by atoms with Gasteiger partial charge in [-0.3, -0.25) is 4.90 Å². The zero-order chi connectivity index (χ0) is 14.4. The van der Waals surface area contributed by atoms with Crippen molar-refractivity contribution in [3.63, 3.8) is 0 Å². The first-order chi connectivity index (χ1) is 9.73. The van der Waals surface area contributed by atoms with Crippen LogP contribution in [0.1, 0.15) is 25.8 Å². The Morgan fingerprint density at radius 2 is 1.95 bits per heavy atom. The maximum absolute atomic E-state index is 9.62. The Bertz CT molecular complexity index is 384. The fraction of sp³-hybridized carbons (Fsp3) is 0.647. The Hall–Kier alpha value is -0.900. The molecule has 2 rings (SSSR count). The summed E-state index contributed by atoms with van der Waals surface area (Å²) in [5.41, 5.74) is 1.36. The first kappa shape index (κ1) is 15.5. The summed E-state index contributed by atoms with van der Waals surface area (Å²) < 4.78 is 5.32. The van der Waals surface area contributed by atoms with Gasteiger partial charge in [0.15, 0.2) is 0 Å². The van der Waals surface area contributed by atoms with Crippen LogP contribution in [0.25, 0.3) is 0 Å². The summed E-state index contributed by atoms with van der Waals surface area (Å²) in [5, 5.41) is 9.62. The Labute approximate surface area is 122 Å². The van der Waals surface area contributed by atoms with Crippen LogP contribution >= 0.6 is 0 Å². The lowest BCUT2D eigenvalue weighted by Gasteiger charge is -2.45. The van der Waals surface area contributed by atoms with E-state index in [-0.39, 0.29) is 12.0 Å². The molecule has 0 saturated carbocycles. The second-order valence-corrected chi connectivity index (χ2v) is 5.97. The summed E-state index contributed by atoms with van der Waals surface area (Å²) in [6, 6.07) is 11.2. The van der Waals surface area contributed by atoms with Crippen molar-refractivity contribution in [1.82, 2.24) is 4.90 Å². The summed E-state index contributed by atoms with van der Waals surface area (Å²) in [6.07, 6.45) is 2.21. The minimum absolute atomic E-state index is 0.0277. The molecule has 0 aromatic heterocycles. The Balaban J connectivity index is 2.00. The van der Waals surface area contributed by atoms with Gasteiger partial charge in [-0.15, -0.1) is 0 Å². The first-order valence-electron chi connectivity index (χ1n) is 7.69. The first-order valence-corrected chi connectivity index (χ1v) is 7.69. The molecule has 1 saturated heterocycles. The smallest absolute Gasteiger partial charge is 0.0579 e. The molecule has 0 amide bonds. The second-order valence-electron chi connectivity index (χ2n) is 5.97. The molecule has 3 nitrogen and oxygen atoms in total. The highest BCUT2D eigenvalue weighted by Crippen LogP contribution is 2.29. The molecule has 1 heterocycles. The van der Waals surface area contributed by atoms with Gasteiger partial charge in [0.2, 0.25) is 0 Å². The van der Waals surface area contributed by atoms with Gasteiger partial charge in [0.1, 0.15) is 0 Å². The molecule has 1 aromatic carbocycles. The number of aliphatic hydroxyl groups excluding tert-OH is 1. The molecule has 1 unspecified atom stereocenters. The van der Waals surface area contributed by atoms with Gasteiger partial charge >= 0.3 is 0 Å². The lowest BCUT2D eigenvalue weighted by Crippen LogP contribution is -2.55. The second kappa shape index (κ2) is 7.21. The average molecular weight is 277 g/mol. The van der Waals surface area contributed by atoms with Crippen LogP contribution in [0.3, 0.4) is 0 Å². The van der Waals surface area contributed by atoms with Gasteiger partial charge in [-0.1, -0.05) is 44.2 Å². The molecule has 1 N–H and O–H groups in total. The highest BCUT2D eigenvalue weighted by Gasteiger charge is 2.40. The molecule has 1 aliphatic heterocycles. The SMILES string of the molecule is CCC(Cc1ccccc1)N(CC)CC1(CO)COC1. The number of rotatable bonds is 8. The van der Waals surface area contributed by atoms with E-state index >= 15 is 0 Å². The highest BCUT2D eigenvalue weighted by atomic mass is 16.5. The molecule has 0 bridgehead atoms. The number of nitrogens with zero attached hydrogens (tertiary/aromatic N) is 1. The molecule has 1 atom stereocenters. The summed E-state index contributed by atoms with van der Waals surface area (Å²) in [4.78, 5) is 2.51.